The van der Waals surface area contributed by atoms with Crippen LogP contribution in [0.3, 0.4) is 0 Å². The van der Waals surface area contributed by atoms with Gasteiger partial charge in [0.2, 0.25) is 5.91 Å². The summed E-state index contributed by atoms with van der Waals surface area (Å²) in [6.07, 6.45) is 3.29. The molecule has 0 unspecified atom stereocenters. The van der Waals surface area contributed by atoms with Crippen LogP contribution in [0.25, 0.3) is 15.3 Å². The quantitative estimate of drug-likeness (QED) is 0.235. The molecular formula is C24H23I3N4O2. The summed E-state index contributed by atoms with van der Waals surface area (Å²) in [4.78, 5) is 14.0. The smallest absolute Gasteiger partial charge is 0.246 e. The molecule has 4 rings (SSSR count). The first-order valence-corrected chi connectivity index (χ1v) is 15.9. The van der Waals surface area contributed by atoms with Crippen LogP contribution >= 0.6 is 64.5 Å². The molecule has 33 heavy (non-hydrogen) atoms. The Morgan fingerprint density at radius 2 is 1.94 bits per heavy atom. The van der Waals surface area contributed by atoms with Crippen LogP contribution in [0.4, 0.5) is 11.4 Å². The summed E-state index contributed by atoms with van der Waals surface area (Å²) in [5, 5.41) is 9.73. The van der Waals surface area contributed by atoms with Gasteiger partial charge in [-0.2, -0.15) is 5.10 Å². The summed E-state index contributed by atoms with van der Waals surface area (Å²) < 4.78 is 13.3. The number of benzene rings is 2. The standard InChI is InChI=1S/C24H23I3N4O2/c1-30(22(32)8-5-15-33-25)13-14-31-24-21(16-26-17-27-24)23(29-31)18-9-11-20(12-10-18)28-19-6-3-2-4-7-19/h2-12,16-17,28H,13-15H2,1H3/b8-5+. The van der Waals surface area contributed by atoms with Crippen molar-refractivity contribution in [2.45, 2.75) is 6.54 Å². The molecule has 0 saturated carbocycles. The molecule has 172 valence electrons. The number of halogens is 3. The number of carbonyl (C=O) groups is 1. The van der Waals surface area contributed by atoms with Crippen molar-refractivity contribution in [2.24, 2.45) is 0 Å². The number of hydrogen-bond donors (Lipinski definition) is 1. The molecule has 1 aliphatic rings. The van der Waals surface area contributed by atoms with E-state index in [0.717, 1.165) is 22.6 Å². The first-order valence-electron chi connectivity index (χ1n) is 10.2. The van der Waals surface area contributed by atoms with E-state index in [1.807, 2.05) is 48.3 Å². The van der Waals surface area contributed by atoms with Crippen molar-refractivity contribution in [3.63, 3.8) is 0 Å². The Balaban J connectivity index is 1.52. The van der Waals surface area contributed by atoms with Crippen molar-refractivity contribution < 1.29 is 7.86 Å². The highest BCUT2D eigenvalue weighted by Gasteiger charge is 2.13. The van der Waals surface area contributed by atoms with E-state index >= 15 is 0 Å². The molecule has 0 atom stereocenters. The van der Waals surface area contributed by atoms with E-state index in [1.54, 1.807) is 17.1 Å². The molecular weight excluding hydrogens is 757 g/mol. The van der Waals surface area contributed by atoms with Gasteiger partial charge in [0.15, 0.2) is 0 Å². The Labute approximate surface area is 226 Å². The molecule has 6 nitrogen and oxygen atoms in total. The minimum atomic E-state index is -0.153. The fourth-order valence-corrected chi connectivity index (χ4v) is 10.2. The molecule has 1 N–H and O–H groups in total. The molecule has 3 aromatic rings. The average Bonchev–Trinajstić information content (AvgIpc) is 3.22. The zero-order chi connectivity index (χ0) is 23.0. The number of anilines is 2. The lowest BCUT2D eigenvalue weighted by Crippen LogP contribution is -2.29. The third-order valence-corrected chi connectivity index (χ3v) is 11.9. The number of likely N-dealkylation sites (N-methyl/N-ethyl adjacent to an activating group) is 1. The van der Waals surface area contributed by atoms with E-state index in [4.69, 9.17) is 8.16 Å². The van der Waals surface area contributed by atoms with Crippen LogP contribution in [0.5, 0.6) is 0 Å². The number of nitrogens with zero attached hydrogens (tertiary/aromatic N) is 3. The zero-order valence-corrected chi connectivity index (χ0v) is 24.4. The lowest BCUT2D eigenvalue weighted by atomic mass is 10.1. The number of carbonyl (C=O) groups excluding carboxylic acids is 1. The first-order chi connectivity index (χ1) is 16.2. The van der Waals surface area contributed by atoms with Gasteiger partial charge >= 0.3 is 0 Å². The maximum atomic E-state index is 12.3. The van der Waals surface area contributed by atoms with Gasteiger partial charge in [-0.1, -0.05) is 77.9 Å². The second-order valence-corrected chi connectivity index (χ2v) is 14.4. The SMILES string of the molecule is CN(CCn1nc(-c2ccc(Nc3ccccc3)cc2)c2c1=IC=IC=2)C(=O)/C=C/COI. The van der Waals surface area contributed by atoms with Gasteiger partial charge in [0.1, 0.15) is 32.0 Å². The molecule has 2 heterocycles. The molecule has 1 aromatic heterocycles. The number of aromatic nitrogens is 2. The van der Waals surface area contributed by atoms with Gasteiger partial charge in [-0.15, -0.1) is 0 Å². The van der Waals surface area contributed by atoms with Gasteiger partial charge in [-0.25, -0.2) is 0 Å². The van der Waals surface area contributed by atoms with E-state index in [2.05, 4.69) is 52.5 Å². The van der Waals surface area contributed by atoms with E-state index < -0.39 is 0 Å². The van der Waals surface area contributed by atoms with E-state index in [-0.39, 0.29) is 47.4 Å². The lowest BCUT2D eigenvalue weighted by molar-refractivity contribution is -0.124. The molecule has 9 heteroatoms. The molecule has 0 spiro atoms. The summed E-state index contributed by atoms with van der Waals surface area (Å²) in [5.74, 6) is -0.0232. The Bertz CT molecular complexity index is 1290. The Morgan fingerprint density at radius 1 is 1.18 bits per heavy atom. The maximum Gasteiger partial charge on any atom is 0.246 e. The number of fused-ring (bicyclic) bond motifs is 1. The van der Waals surface area contributed by atoms with Crippen LogP contribution in [-0.2, 0) is 14.4 Å². The Morgan fingerprint density at radius 3 is 2.70 bits per heavy atom. The monoisotopic (exact) mass is 780 g/mol. The fourth-order valence-electron chi connectivity index (χ4n) is 3.25. The van der Waals surface area contributed by atoms with Gasteiger partial charge in [-0.05, 0) is 28.3 Å². The lowest BCUT2D eigenvalue weighted by Gasteiger charge is -2.15. The summed E-state index contributed by atoms with van der Waals surface area (Å²) >= 11 is 1.66. The summed E-state index contributed by atoms with van der Waals surface area (Å²) in [6.45, 7) is 1.73. The largest absolute Gasteiger partial charge is 0.356 e. The second-order valence-electron chi connectivity index (χ2n) is 7.21. The van der Waals surface area contributed by atoms with Crippen LogP contribution in [0.15, 0.2) is 66.7 Å². The first kappa shape index (κ1) is 24.7. The second kappa shape index (κ2) is 12.3. The minimum absolute atomic E-state index is 0.00523. The number of hydrogen-bond acceptors (Lipinski definition) is 4. The highest BCUT2D eigenvalue weighted by atomic mass is 127. The van der Waals surface area contributed by atoms with Crippen LogP contribution in [-0.4, -0.2) is 42.8 Å². The molecule has 0 saturated heterocycles. The van der Waals surface area contributed by atoms with Crippen LogP contribution < -0.4 is 10.5 Å². The summed E-state index contributed by atoms with van der Waals surface area (Å²) in [7, 11) is 1.83. The summed E-state index contributed by atoms with van der Waals surface area (Å²) in [5.41, 5.74) is 4.30. The highest BCUT2D eigenvalue weighted by Crippen LogP contribution is 2.23. The molecule has 2 aromatic carbocycles. The molecule has 1 amide bonds. The van der Waals surface area contributed by atoms with Gasteiger partial charge in [-0.3, -0.25) is 9.48 Å². The number of amides is 1. The normalized spacial score (nSPS) is 12.7. The third-order valence-electron chi connectivity index (χ3n) is 4.95. The van der Waals surface area contributed by atoms with Gasteiger partial charge in [0.25, 0.3) is 0 Å². The van der Waals surface area contributed by atoms with E-state index in [9.17, 15) is 4.79 Å². The molecule has 1 aliphatic heterocycles. The van der Waals surface area contributed by atoms with E-state index in [1.165, 1.54) is 8.50 Å². The van der Waals surface area contributed by atoms with Crippen LogP contribution in [0.1, 0.15) is 0 Å². The van der Waals surface area contributed by atoms with Gasteiger partial charge in [0, 0.05) is 43.8 Å². The maximum absolute atomic E-state index is 12.3. The zero-order valence-electron chi connectivity index (χ0n) is 17.9. The Hall–Kier alpha value is -1.45. The van der Waals surface area contributed by atoms with Gasteiger partial charge < -0.3 is 13.3 Å². The topological polar surface area (TPSA) is 59.4 Å². The Kier molecular flexibility index (Phi) is 9.20. The van der Waals surface area contributed by atoms with Crippen molar-refractivity contribution in [1.29, 1.82) is 0 Å². The van der Waals surface area contributed by atoms with Crippen molar-refractivity contribution in [3.8, 4) is 11.3 Å². The minimum Gasteiger partial charge on any atom is -0.356 e. The predicted octanol–water partition coefficient (Wildman–Crippen LogP) is 5.38. The number of nitrogens with one attached hydrogen (secondary N) is 1. The van der Waals surface area contributed by atoms with Crippen molar-refractivity contribution in [3.05, 3.63) is 75.3 Å². The predicted molar refractivity (Wildman–Crippen MR) is 161 cm³/mol. The number of para-hydroxylation sites is 1. The van der Waals surface area contributed by atoms with Crippen molar-refractivity contribution >= 4 is 87.9 Å². The third kappa shape index (κ3) is 6.57. The fraction of sp³-hybridized carbons (Fsp3) is 0.167. The molecule has 0 bridgehead atoms. The van der Waals surface area contributed by atoms with Crippen LogP contribution in [0.2, 0.25) is 0 Å². The summed E-state index contributed by atoms with van der Waals surface area (Å²) in [6, 6.07) is 18.6. The van der Waals surface area contributed by atoms with Crippen LogP contribution in [0, 0.1) is 3.28 Å². The van der Waals surface area contributed by atoms with E-state index in [0.29, 0.717) is 19.7 Å². The molecule has 0 radical (unpaired) electrons. The van der Waals surface area contributed by atoms with Crippen molar-refractivity contribution in [2.75, 3.05) is 25.5 Å². The highest BCUT2D eigenvalue weighted by molar-refractivity contribution is 14.3. The average molecular weight is 780 g/mol. The molecule has 0 fully saturated rings. The van der Waals surface area contributed by atoms with Gasteiger partial charge in [0.05, 0.1) is 13.2 Å². The molecule has 0 aliphatic carbocycles. The van der Waals surface area contributed by atoms with Crippen molar-refractivity contribution in [1.82, 2.24) is 14.7 Å². The number of rotatable bonds is 9.